The van der Waals surface area contributed by atoms with E-state index < -0.39 is 0 Å². The molecule has 0 aliphatic heterocycles. The lowest BCUT2D eigenvalue weighted by Gasteiger charge is -2.06. The number of aromatic nitrogens is 1. The Bertz CT molecular complexity index is 509. The topological polar surface area (TPSA) is 4.93 Å². The van der Waals surface area contributed by atoms with Crippen LogP contribution in [0.25, 0.3) is 10.9 Å². The van der Waals surface area contributed by atoms with Crippen molar-refractivity contribution < 1.29 is 0 Å². The Morgan fingerprint density at radius 1 is 0.850 bits per heavy atom. The summed E-state index contributed by atoms with van der Waals surface area (Å²) in [5.41, 5.74) is 2.83. The molecule has 1 heteroatoms. The molecule has 0 saturated heterocycles. The third kappa shape index (κ3) is 4.13. The second-order valence-corrected chi connectivity index (χ2v) is 5.88. The monoisotopic (exact) mass is 271 g/mol. The van der Waals surface area contributed by atoms with Gasteiger partial charge >= 0.3 is 0 Å². The van der Waals surface area contributed by atoms with E-state index in [1.165, 1.54) is 68.0 Å². The van der Waals surface area contributed by atoms with Crippen molar-refractivity contribution in [2.75, 3.05) is 0 Å². The van der Waals surface area contributed by atoms with Crippen LogP contribution in [-0.4, -0.2) is 4.57 Å². The number of unbranched alkanes of at least 4 members (excludes halogenated alkanes) is 6. The number of nitrogens with zero attached hydrogens (tertiary/aromatic N) is 1. The van der Waals surface area contributed by atoms with Crippen molar-refractivity contribution in [3.63, 3.8) is 0 Å². The van der Waals surface area contributed by atoms with Gasteiger partial charge in [0.05, 0.1) is 0 Å². The lowest BCUT2D eigenvalue weighted by molar-refractivity contribution is 0.556. The molecule has 0 amide bonds. The molecule has 20 heavy (non-hydrogen) atoms. The van der Waals surface area contributed by atoms with Crippen LogP contribution in [0, 0.1) is 0 Å². The summed E-state index contributed by atoms with van der Waals surface area (Å²) in [5, 5.41) is 1.40. The normalized spacial score (nSPS) is 11.3. The van der Waals surface area contributed by atoms with Gasteiger partial charge in [-0.3, -0.25) is 0 Å². The maximum Gasteiger partial charge on any atom is 0.0480 e. The van der Waals surface area contributed by atoms with E-state index in [-0.39, 0.29) is 0 Å². The summed E-state index contributed by atoms with van der Waals surface area (Å²) in [4.78, 5) is 0. The molecule has 0 aliphatic rings. The van der Waals surface area contributed by atoms with Gasteiger partial charge in [-0.05, 0) is 42.0 Å². The molecule has 1 nitrogen and oxygen atoms in total. The molecular formula is C19H29N. The van der Waals surface area contributed by atoms with Crippen molar-refractivity contribution in [2.24, 2.45) is 0 Å². The highest BCUT2D eigenvalue weighted by Crippen LogP contribution is 2.19. The van der Waals surface area contributed by atoms with Gasteiger partial charge in [-0.15, -0.1) is 0 Å². The van der Waals surface area contributed by atoms with Gasteiger partial charge in [0, 0.05) is 18.3 Å². The standard InChI is InChI=1S/C19H29N/c1-3-5-6-7-8-9-10-14-20-15-13-18-16-17(4-2)11-12-19(18)20/h11-13,15-16H,3-10,14H2,1-2H3. The summed E-state index contributed by atoms with van der Waals surface area (Å²) in [5.74, 6) is 0. The molecule has 2 aromatic rings. The third-order valence-corrected chi connectivity index (χ3v) is 4.25. The first-order valence-corrected chi connectivity index (χ1v) is 8.43. The molecule has 1 aromatic heterocycles. The van der Waals surface area contributed by atoms with Gasteiger partial charge in [0.15, 0.2) is 0 Å². The van der Waals surface area contributed by atoms with Crippen molar-refractivity contribution >= 4 is 10.9 Å². The van der Waals surface area contributed by atoms with Gasteiger partial charge in [0.1, 0.15) is 0 Å². The average molecular weight is 271 g/mol. The molecule has 1 heterocycles. The van der Waals surface area contributed by atoms with Crippen LogP contribution in [0.4, 0.5) is 0 Å². The molecule has 1 aromatic carbocycles. The fourth-order valence-corrected chi connectivity index (χ4v) is 2.90. The van der Waals surface area contributed by atoms with Crippen LogP contribution in [-0.2, 0) is 13.0 Å². The number of hydrogen-bond donors (Lipinski definition) is 0. The zero-order valence-electron chi connectivity index (χ0n) is 13.2. The molecule has 0 fully saturated rings. The predicted molar refractivity (Wildman–Crippen MR) is 89.3 cm³/mol. The van der Waals surface area contributed by atoms with Gasteiger partial charge < -0.3 is 4.57 Å². The molecule has 0 radical (unpaired) electrons. The van der Waals surface area contributed by atoms with E-state index >= 15 is 0 Å². The minimum atomic E-state index is 1.12. The van der Waals surface area contributed by atoms with Crippen LogP contribution in [0.2, 0.25) is 0 Å². The van der Waals surface area contributed by atoms with Crippen LogP contribution in [0.3, 0.4) is 0 Å². The molecule has 0 saturated carbocycles. The Balaban J connectivity index is 1.79. The number of aryl methyl sites for hydroxylation is 2. The quantitative estimate of drug-likeness (QED) is 0.496. The molecule has 2 rings (SSSR count). The fourth-order valence-electron chi connectivity index (χ4n) is 2.90. The highest BCUT2D eigenvalue weighted by molar-refractivity contribution is 5.80. The summed E-state index contributed by atoms with van der Waals surface area (Å²) in [6.45, 7) is 5.67. The minimum Gasteiger partial charge on any atom is -0.347 e. The number of rotatable bonds is 9. The fraction of sp³-hybridized carbons (Fsp3) is 0.579. The predicted octanol–water partition coefficient (Wildman–Crippen LogP) is 5.95. The summed E-state index contributed by atoms with van der Waals surface area (Å²) >= 11 is 0. The first kappa shape index (κ1) is 15.2. The maximum absolute atomic E-state index is 2.42. The molecule has 0 aliphatic carbocycles. The second kappa shape index (κ2) is 8.14. The van der Waals surface area contributed by atoms with E-state index in [1.54, 1.807) is 0 Å². The Labute approximate surface area is 124 Å². The van der Waals surface area contributed by atoms with E-state index in [9.17, 15) is 0 Å². The smallest absolute Gasteiger partial charge is 0.0480 e. The molecule has 0 atom stereocenters. The number of fused-ring (bicyclic) bond motifs is 1. The Hall–Kier alpha value is -1.24. The second-order valence-electron chi connectivity index (χ2n) is 5.88. The van der Waals surface area contributed by atoms with E-state index in [0.29, 0.717) is 0 Å². The first-order valence-electron chi connectivity index (χ1n) is 8.43. The molecule has 0 bridgehead atoms. The maximum atomic E-state index is 2.42. The zero-order valence-corrected chi connectivity index (χ0v) is 13.2. The zero-order chi connectivity index (χ0) is 14.2. The molecular weight excluding hydrogens is 242 g/mol. The molecule has 0 N–H and O–H groups in total. The van der Waals surface area contributed by atoms with Gasteiger partial charge in [-0.2, -0.15) is 0 Å². The lowest BCUT2D eigenvalue weighted by atomic mass is 10.1. The summed E-state index contributed by atoms with van der Waals surface area (Å²) in [7, 11) is 0. The minimum absolute atomic E-state index is 1.12. The van der Waals surface area contributed by atoms with Crippen molar-refractivity contribution in [1.29, 1.82) is 0 Å². The van der Waals surface area contributed by atoms with Crippen molar-refractivity contribution in [1.82, 2.24) is 4.57 Å². The van der Waals surface area contributed by atoms with Crippen LogP contribution in [0.15, 0.2) is 30.5 Å². The number of hydrogen-bond acceptors (Lipinski definition) is 0. The van der Waals surface area contributed by atoms with Crippen molar-refractivity contribution in [3.8, 4) is 0 Å². The van der Waals surface area contributed by atoms with E-state index in [1.807, 2.05) is 0 Å². The first-order chi connectivity index (χ1) is 9.85. The highest BCUT2D eigenvalue weighted by atomic mass is 14.9. The van der Waals surface area contributed by atoms with Gasteiger partial charge in [0.2, 0.25) is 0 Å². The van der Waals surface area contributed by atoms with E-state index in [0.717, 1.165) is 6.42 Å². The number of benzene rings is 1. The van der Waals surface area contributed by atoms with Crippen LogP contribution in [0.5, 0.6) is 0 Å². The summed E-state index contributed by atoms with van der Waals surface area (Å²) < 4.78 is 2.42. The third-order valence-electron chi connectivity index (χ3n) is 4.25. The van der Waals surface area contributed by atoms with Crippen molar-refractivity contribution in [2.45, 2.75) is 71.8 Å². The highest BCUT2D eigenvalue weighted by Gasteiger charge is 2.01. The Morgan fingerprint density at radius 3 is 2.35 bits per heavy atom. The molecule has 0 unspecified atom stereocenters. The van der Waals surface area contributed by atoms with Crippen LogP contribution >= 0.6 is 0 Å². The lowest BCUT2D eigenvalue weighted by Crippen LogP contribution is -1.96. The van der Waals surface area contributed by atoms with Crippen molar-refractivity contribution in [3.05, 3.63) is 36.0 Å². The molecule has 0 spiro atoms. The van der Waals surface area contributed by atoms with E-state index in [2.05, 4.69) is 48.9 Å². The van der Waals surface area contributed by atoms with E-state index in [4.69, 9.17) is 0 Å². The largest absolute Gasteiger partial charge is 0.347 e. The van der Waals surface area contributed by atoms with Crippen LogP contribution < -0.4 is 0 Å². The van der Waals surface area contributed by atoms with Crippen LogP contribution in [0.1, 0.15) is 64.4 Å². The Kier molecular flexibility index (Phi) is 6.17. The summed E-state index contributed by atoms with van der Waals surface area (Å²) in [6.07, 6.45) is 13.0. The van der Waals surface area contributed by atoms with Gasteiger partial charge in [0.25, 0.3) is 0 Å². The summed E-state index contributed by atoms with van der Waals surface area (Å²) in [6, 6.07) is 9.14. The Morgan fingerprint density at radius 2 is 1.60 bits per heavy atom. The van der Waals surface area contributed by atoms with Gasteiger partial charge in [-0.1, -0.05) is 58.4 Å². The van der Waals surface area contributed by atoms with Gasteiger partial charge in [-0.25, -0.2) is 0 Å². The molecule has 110 valence electrons. The average Bonchev–Trinajstić information content (AvgIpc) is 2.88. The SMILES string of the molecule is CCCCCCCCCn1ccc2cc(CC)ccc21.